The molecule has 0 saturated carbocycles. The minimum atomic E-state index is -1.05. The van der Waals surface area contributed by atoms with Gasteiger partial charge in [-0.3, -0.25) is 14.4 Å². The van der Waals surface area contributed by atoms with Crippen molar-refractivity contribution < 1.29 is 24.2 Å². The van der Waals surface area contributed by atoms with E-state index in [-0.39, 0.29) is 29.7 Å². The van der Waals surface area contributed by atoms with Crippen molar-refractivity contribution in [3.63, 3.8) is 0 Å². The fourth-order valence-electron chi connectivity index (χ4n) is 8.01. The summed E-state index contributed by atoms with van der Waals surface area (Å²) in [6.45, 7) is 21.6. The number of nitrogens with zero attached hydrogens (tertiary/aromatic N) is 3. The van der Waals surface area contributed by atoms with Gasteiger partial charge in [0.1, 0.15) is 11.6 Å². The van der Waals surface area contributed by atoms with Gasteiger partial charge in [-0.25, -0.2) is 0 Å². The van der Waals surface area contributed by atoms with Gasteiger partial charge in [-0.2, -0.15) is 0 Å². The number of hydrogen-bond donors (Lipinski definition) is 1. The van der Waals surface area contributed by atoms with E-state index in [0.717, 1.165) is 12.8 Å². The summed E-state index contributed by atoms with van der Waals surface area (Å²) in [4.78, 5) is 48.3. The van der Waals surface area contributed by atoms with Gasteiger partial charge in [0.05, 0.1) is 17.4 Å². The van der Waals surface area contributed by atoms with Gasteiger partial charge in [-0.05, 0) is 64.2 Å². The molecule has 0 aromatic carbocycles. The van der Waals surface area contributed by atoms with Crippen LogP contribution in [0.2, 0.25) is 0 Å². The number of rotatable bonds is 14. The van der Waals surface area contributed by atoms with E-state index >= 15 is 0 Å². The number of ether oxygens (including phenoxy) is 1. The van der Waals surface area contributed by atoms with Gasteiger partial charge in [0.25, 0.3) is 0 Å². The van der Waals surface area contributed by atoms with Gasteiger partial charge < -0.3 is 24.5 Å². The second-order valence-corrected chi connectivity index (χ2v) is 13.9. The fraction of sp³-hybridized carbons (Fsp3) is 0.781. The number of carbonyl (C=O) groups excluding carboxylic acids is 3. The number of unbranched alkanes of at least 4 members (excludes halogenated alkanes) is 2. The van der Waals surface area contributed by atoms with Crippen LogP contribution in [0.3, 0.4) is 0 Å². The minimum Gasteiger partial charge on any atom is -0.396 e. The number of likely N-dealkylation sites (N-methyl/N-ethyl adjacent to an activating group) is 1. The zero-order valence-electron chi connectivity index (χ0n) is 26.0. The number of carbonyl (C=O) groups is 3. The quantitative estimate of drug-likeness (QED) is 0.255. The molecular weight excluding hydrogens is 506 g/mol. The summed E-state index contributed by atoms with van der Waals surface area (Å²) in [5.41, 5.74) is -2.34. The lowest BCUT2D eigenvalue weighted by atomic mass is 9.64. The summed E-state index contributed by atoms with van der Waals surface area (Å²) in [5, 5.41) is 9.31. The summed E-state index contributed by atoms with van der Waals surface area (Å²) in [7, 11) is 1.74. The van der Waals surface area contributed by atoms with Gasteiger partial charge >= 0.3 is 0 Å². The van der Waals surface area contributed by atoms with Crippen LogP contribution < -0.4 is 0 Å². The Hall–Kier alpha value is -2.19. The Bertz CT molecular complexity index is 988. The molecule has 0 aromatic rings. The average molecular weight is 560 g/mol. The van der Waals surface area contributed by atoms with Crippen molar-refractivity contribution in [3.8, 4) is 0 Å². The highest BCUT2D eigenvalue weighted by molar-refractivity contribution is 5.99. The van der Waals surface area contributed by atoms with Crippen LogP contribution in [0.25, 0.3) is 0 Å². The number of hydrogen-bond acceptors (Lipinski definition) is 5. The van der Waals surface area contributed by atoms with Crippen molar-refractivity contribution in [2.75, 3.05) is 33.3 Å². The van der Waals surface area contributed by atoms with Crippen molar-refractivity contribution in [2.24, 2.45) is 17.3 Å². The van der Waals surface area contributed by atoms with Gasteiger partial charge in [0, 0.05) is 38.8 Å². The molecule has 3 amide bonds. The van der Waals surface area contributed by atoms with Crippen molar-refractivity contribution in [1.82, 2.24) is 14.7 Å². The number of likely N-dealkylation sites (tertiary alicyclic amines) is 1. The molecule has 0 aliphatic carbocycles. The molecule has 3 saturated heterocycles. The largest absolute Gasteiger partial charge is 0.396 e. The normalized spacial score (nSPS) is 29.4. The Morgan fingerprint density at radius 3 is 2.27 bits per heavy atom. The predicted octanol–water partition coefficient (Wildman–Crippen LogP) is 4.18. The Balaban J connectivity index is 2.12. The maximum absolute atomic E-state index is 14.8. The van der Waals surface area contributed by atoms with Crippen LogP contribution in [0, 0.1) is 17.3 Å². The van der Waals surface area contributed by atoms with Crippen LogP contribution >= 0.6 is 0 Å². The highest BCUT2D eigenvalue weighted by atomic mass is 16.5. The summed E-state index contributed by atoms with van der Waals surface area (Å²) >= 11 is 0. The molecule has 1 spiro atoms. The molecular formula is C32H53N3O5. The van der Waals surface area contributed by atoms with E-state index in [1.165, 1.54) is 0 Å². The van der Waals surface area contributed by atoms with Crippen molar-refractivity contribution in [3.05, 3.63) is 25.3 Å². The lowest BCUT2D eigenvalue weighted by Gasteiger charge is -2.45. The van der Waals surface area contributed by atoms with Crippen LogP contribution in [0.4, 0.5) is 0 Å². The Labute approximate surface area is 241 Å². The molecule has 3 rings (SSSR count). The standard InChI is InChI=1S/C32H53N3O5/c1-10-18-33(9)26(37)23-24-27(38)34(20-14-13-15-21-36)25(32(24)17-16-31(23,12-3)40-32)28(39)35(19-11-2)30(7,8)22-29(4,5)6/h10-11,23-25,36H,1-2,12-22H2,3-9H3/t23-,24-,25?,31+,32?/m0/s1. The first-order valence-corrected chi connectivity index (χ1v) is 15.1. The molecule has 5 atom stereocenters. The van der Waals surface area contributed by atoms with Crippen LogP contribution in [0.5, 0.6) is 0 Å². The molecule has 2 unspecified atom stereocenters. The lowest BCUT2D eigenvalue weighted by molar-refractivity contribution is -0.158. The fourth-order valence-corrected chi connectivity index (χ4v) is 8.01. The third kappa shape index (κ3) is 5.63. The van der Waals surface area contributed by atoms with Crippen molar-refractivity contribution in [2.45, 2.75) is 109 Å². The molecule has 3 aliphatic heterocycles. The molecule has 2 bridgehead atoms. The lowest BCUT2D eigenvalue weighted by Crippen LogP contribution is -2.61. The van der Waals surface area contributed by atoms with Gasteiger partial charge in [-0.15, -0.1) is 13.2 Å². The molecule has 40 heavy (non-hydrogen) atoms. The van der Waals surface area contributed by atoms with Crippen LogP contribution in [-0.2, 0) is 19.1 Å². The Morgan fingerprint density at radius 2 is 1.73 bits per heavy atom. The minimum absolute atomic E-state index is 0.0265. The second kappa shape index (κ2) is 12.0. The summed E-state index contributed by atoms with van der Waals surface area (Å²) in [6, 6.07) is -0.811. The molecule has 8 nitrogen and oxygen atoms in total. The summed E-state index contributed by atoms with van der Waals surface area (Å²) in [6.07, 6.45) is 8.05. The topological polar surface area (TPSA) is 90.4 Å². The van der Waals surface area contributed by atoms with E-state index in [2.05, 4.69) is 47.8 Å². The molecule has 1 N–H and O–H groups in total. The van der Waals surface area contributed by atoms with Crippen molar-refractivity contribution in [1.29, 1.82) is 0 Å². The highest BCUT2D eigenvalue weighted by Crippen LogP contribution is 2.64. The smallest absolute Gasteiger partial charge is 0.249 e. The van der Waals surface area contributed by atoms with Crippen LogP contribution in [0.1, 0.15) is 86.5 Å². The monoisotopic (exact) mass is 559 g/mol. The molecule has 3 heterocycles. The first kappa shape index (κ1) is 32.3. The molecule has 3 fully saturated rings. The third-order valence-corrected chi connectivity index (χ3v) is 9.29. The van der Waals surface area contributed by atoms with E-state index < -0.39 is 34.6 Å². The van der Waals surface area contributed by atoms with E-state index in [9.17, 15) is 19.5 Å². The predicted molar refractivity (Wildman–Crippen MR) is 157 cm³/mol. The highest BCUT2D eigenvalue weighted by Gasteiger charge is 2.79. The van der Waals surface area contributed by atoms with E-state index in [4.69, 9.17) is 4.74 Å². The first-order valence-electron chi connectivity index (χ1n) is 15.1. The second-order valence-electron chi connectivity index (χ2n) is 13.9. The SMILES string of the molecule is C=CCN(C)C(=O)[C@@H]1[C@H]2C(=O)N(CCCCCO)C(C(=O)N(CC=C)C(C)(C)CC(C)(C)C)C23CC[C@@]1(CC)O3. The molecule has 0 aromatic heterocycles. The summed E-state index contributed by atoms with van der Waals surface area (Å²) in [5.74, 6) is -1.76. The number of aliphatic hydroxyl groups is 1. The maximum Gasteiger partial charge on any atom is 0.249 e. The van der Waals surface area contributed by atoms with Crippen LogP contribution in [0.15, 0.2) is 25.3 Å². The molecule has 0 radical (unpaired) electrons. The van der Waals surface area contributed by atoms with E-state index in [1.54, 1.807) is 29.0 Å². The Kier molecular flexibility index (Phi) is 9.67. The Morgan fingerprint density at radius 1 is 1.07 bits per heavy atom. The van der Waals surface area contributed by atoms with E-state index in [0.29, 0.717) is 51.7 Å². The van der Waals surface area contributed by atoms with E-state index in [1.807, 2.05) is 11.8 Å². The average Bonchev–Trinajstić information content (AvgIpc) is 3.46. The number of amides is 3. The van der Waals surface area contributed by atoms with Gasteiger partial charge in [-0.1, -0.05) is 39.8 Å². The molecule has 8 heteroatoms. The van der Waals surface area contributed by atoms with Crippen molar-refractivity contribution >= 4 is 17.7 Å². The zero-order valence-corrected chi connectivity index (χ0v) is 26.0. The molecule has 3 aliphatic rings. The van der Waals surface area contributed by atoms with Gasteiger partial charge in [0.15, 0.2) is 0 Å². The zero-order chi connectivity index (χ0) is 30.1. The first-order chi connectivity index (χ1) is 18.7. The van der Waals surface area contributed by atoms with Gasteiger partial charge in [0.2, 0.25) is 17.7 Å². The summed E-state index contributed by atoms with van der Waals surface area (Å²) < 4.78 is 6.94. The third-order valence-electron chi connectivity index (χ3n) is 9.29. The number of fused-ring (bicyclic) bond motifs is 1. The molecule has 226 valence electrons. The van der Waals surface area contributed by atoms with Crippen LogP contribution in [-0.4, -0.2) is 93.6 Å². The maximum atomic E-state index is 14.8. The number of aliphatic hydroxyl groups excluding tert-OH is 1.